The number of benzene rings is 13. The molecule has 0 unspecified atom stereocenters. The maximum atomic E-state index is 6.74. The Hall–Kier alpha value is -10.7. The van der Waals surface area contributed by atoms with Gasteiger partial charge in [-0.2, -0.15) is 0 Å². The van der Waals surface area contributed by atoms with Crippen molar-refractivity contribution in [3.05, 3.63) is 376 Å². The van der Waals surface area contributed by atoms with E-state index >= 15 is 0 Å². The maximum absolute atomic E-state index is 6.74. The zero-order valence-corrected chi connectivity index (χ0v) is 45.7. The van der Waals surface area contributed by atoms with Gasteiger partial charge in [0.15, 0.2) is 0 Å². The zero-order valence-electron chi connectivity index (χ0n) is 45.7. The summed E-state index contributed by atoms with van der Waals surface area (Å²) >= 11 is 0. The molecule has 2 aliphatic heterocycles. The number of fused-ring (bicyclic) bond motifs is 21. The normalized spacial score (nSPS) is 14.7. The summed E-state index contributed by atoms with van der Waals surface area (Å²) in [6.07, 6.45) is 0. The molecule has 0 atom stereocenters. The van der Waals surface area contributed by atoms with Crippen molar-refractivity contribution in [1.82, 2.24) is 0 Å². The molecular formula is C81H51NO2. The summed E-state index contributed by atoms with van der Waals surface area (Å²) < 4.78 is 13.5. The fourth-order valence-electron chi connectivity index (χ4n) is 15.9. The lowest BCUT2D eigenvalue weighted by molar-refractivity contribution is 0.436. The topological polar surface area (TPSA) is 21.7 Å². The second-order valence-electron chi connectivity index (χ2n) is 22.9. The molecule has 13 aromatic carbocycles. The van der Waals surface area contributed by atoms with E-state index in [4.69, 9.17) is 9.47 Å². The highest BCUT2D eigenvalue weighted by Crippen LogP contribution is 2.65. The molecule has 2 spiro atoms. The minimum Gasteiger partial charge on any atom is -0.457 e. The van der Waals surface area contributed by atoms with E-state index in [1.54, 1.807) is 0 Å². The van der Waals surface area contributed by atoms with Gasteiger partial charge in [0.25, 0.3) is 0 Å². The van der Waals surface area contributed by atoms with Gasteiger partial charge in [0.05, 0.1) is 16.2 Å². The molecule has 3 heteroatoms. The first kappa shape index (κ1) is 47.0. The Kier molecular flexibility index (Phi) is 9.86. The fourth-order valence-corrected chi connectivity index (χ4v) is 15.9. The Morgan fingerprint density at radius 3 is 1.01 bits per heavy atom. The molecule has 392 valence electrons. The van der Waals surface area contributed by atoms with Crippen LogP contribution in [0.15, 0.2) is 309 Å². The molecule has 0 amide bonds. The van der Waals surface area contributed by atoms with Crippen LogP contribution >= 0.6 is 0 Å². The van der Waals surface area contributed by atoms with E-state index in [0.29, 0.717) is 0 Å². The Morgan fingerprint density at radius 2 is 0.548 bits per heavy atom. The van der Waals surface area contributed by atoms with Gasteiger partial charge in [-0.25, -0.2) is 0 Å². The summed E-state index contributed by atoms with van der Waals surface area (Å²) in [7, 11) is 0. The van der Waals surface area contributed by atoms with E-state index in [1.807, 2.05) is 0 Å². The maximum Gasteiger partial charge on any atom is 0.132 e. The number of hydrogen-bond acceptors (Lipinski definition) is 3. The van der Waals surface area contributed by atoms with Crippen molar-refractivity contribution >= 4 is 17.1 Å². The first-order chi connectivity index (χ1) is 41.6. The molecular weight excluding hydrogens is 1020 g/mol. The van der Waals surface area contributed by atoms with Crippen molar-refractivity contribution in [2.45, 2.75) is 16.2 Å². The molecule has 0 radical (unpaired) electrons. The quantitative estimate of drug-likeness (QED) is 0.166. The molecule has 84 heavy (non-hydrogen) atoms. The summed E-state index contributed by atoms with van der Waals surface area (Å²) in [6.45, 7) is 0. The molecule has 2 heterocycles. The highest BCUT2D eigenvalue weighted by atomic mass is 16.5. The molecule has 0 saturated heterocycles. The lowest BCUT2D eigenvalue weighted by Gasteiger charge is -2.39. The number of anilines is 3. The second kappa shape index (κ2) is 17.6. The molecule has 18 rings (SSSR count). The molecule has 13 aromatic rings. The van der Waals surface area contributed by atoms with Crippen LogP contribution in [-0.4, -0.2) is 0 Å². The smallest absolute Gasteiger partial charge is 0.132 e. The SMILES string of the molecule is c1ccc(C2(c3ccccc3)c3ccccc3-c3ccc(-c4cccc(N(c5ccc6c(c5)-c5ccccc5C65c6ccccc6Oc6ccccc65)c5ccc6c(c5)-c5ccccc5C65c6ccccc6Oc6ccccc65)c4)cc32)cc1. The van der Waals surface area contributed by atoms with Gasteiger partial charge in [0, 0.05) is 39.3 Å². The Labute approximate surface area is 488 Å². The first-order valence-electron chi connectivity index (χ1n) is 29.1. The number of rotatable bonds is 6. The van der Waals surface area contributed by atoms with E-state index in [9.17, 15) is 0 Å². The van der Waals surface area contributed by atoms with E-state index in [1.165, 1.54) is 77.9 Å². The molecule has 0 fully saturated rings. The molecule has 3 nitrogen and oxygen atoms in total. The molecule has 0 aromatic heterocycles. The van der Waals surface area contributed by atoms with Gasteiger partial charge in [-0.15, -0.1) is 0 Å². The summed E-state index contributed by atoms with van der Waals surface area (Å²) in [4.78, 5) is 2.49. The van der Waals surface area contributed by atoms with Crippen molar-refractivity contribution in [2.24, 2.45) is 0 Å². The van der Waals surface area contributed by atoms with Gasteiger partial charge in [0.1, 0.15) is 23.0 Å². The Morgan fingerprint density at radius 1 is 0.202 bits per heavy atom. The summed E-state index contributed by atoms with van der Waals surface area (Å²) in [5.74, 6) is 3.53. The van der Waals surface area contributed by atoms with Crippen LogP contribution in [0.4, 0.5) is 17.1 Å². The van der Waals surface area contributed by atoms with Crippen molar-refractivity contribution in [3.63, 3.8) is 0 Å². The third-order valence-electron chi connectivity index (χ3n) is 19.1. The number of nitrogens with zero attached hydrogens (tertiary/aromatic N) is 1. The highest BCUT2D eigenvalue weighted by Gasteiger charge is 2.53. The Balaban J connectivity index is 0.868. The predicted molar refractivity (Wildman–Crippen MR) is 339 cm³/mol. The molecule has 3 aliphatic carbocycles. The van der Waals surface area contributed by atoms with Crippen LogP contribution in [0.3, 0.4) is 0 Å². The average Bonchev–Trinajstić information content (AvgIpc) is 1.63. The predicted octanol–water partition coefficient (Wildman–Crippen LogP) is 20.1. The van der Waals surface area contributed by atoms with Gasteiger partial charge < -0.3 is 14.4 Å². The highest BCUT2D eigenvalue weighted by molar-refractivity contribution is 5.96. The lowest BCUT2D eigenvalue weighted by Crippen LogP contribution is -2.32. The van der Waals surface area contributed by atoms with E-state index < -0.39 is 16.2 Å². The van der Waals surface area contributed by atoms with Gasteiger partial charge in [0.2, 0.25) is 0 Å². The van der Waals surface area contributed by atoms with E-state index in [0.717, 1.165) is 73.4 Å². The van der Waals surface area contributed by atoms with Crippen LogP contribution in [0.2, 0.25) is 0 Å². The number of hydrogen-bond donors (Lipinski definition) is 0. The van der Waals surface area contributed by atoms with Gasteiger partial charge in [-0.05, 0) is 156 Å². The molecule has 5 aliphatic rings. The van der Waals surface area contributed by atoms with E-state index in [2.05, 4.69) is 314 Å². The first-order valence-corrected chi connectivity index (χ1v) is 29.1. The van der Waals surface area contributed by atoms with Crippen LogP contribution < -0.4 is 14.4 Å². The van der Waals surface area contributed by atoms with Gasteiger partial charge in [-0.1, -0.05) is 243 Å². The van der Waals surface area contributed by atoms with Crippen LogP contribution in [-0.2, 0) is 16.2 Å². The van der Waals surface area contributed by atoms with Crippen LogP contribution in [0.5, 0.6) is 23.0 Å². The third kappa shape index (κ3) is 6.15. The van der Waals surface area contributed by atoms with Crippen molar-refractivity contribution in [1.29, 1.82) is 0 Å². The number of para-hydroxylation sites is 4. The third-order valence-corrected chi connectivity index (χ3v) is 19.1. The minimum absolute atomic E-state index is 0.527. The van der Waals surface area contributed by atoms with Crippen molar-refractivity contribution < 1.29 is 9.47 Å². The zero-order chi connectivity index (χ0) is 55.1. The lowest BCUT2D eigenvalue weighted by atomic mass is 9.66. The standard InChI is InChI=1S/C81H51NO2/c1-3-23-54(24-4-1)79(55-25-5-2-6-26-55)65-31-10-7-28-59(65)62-45-42-53(49-74(62)79)52-22-21-27-56(48-52)82(57-43-46-68-63(50-57)60-29-8-11-32-66(60)80(68)70-34-13-17-38-75(70)83-76-39-18-14-35-71(76)80)58-44-47-69-64(51-58)61-30-9-12-33-67(61)81(69)72-36-15-19-40-77(72)84-78-41-20-16-37-73(78)81/h1-51H. The molecule has 0 saturated carbocycles. The van der Waals surface area contributed by atoms with Gasteiger partial charge in [-0.3, -0.25) is 0 Å². The van der Waals surface area contributed by atoms with E-state index in [-0.39, 0.29) is 0 Å². The largest absolute Gasteiger partial charge is 0.457 e. The second-order valence-corrected chi connectivity index (χ2v) is 22.9. The summed E-state index contributed by atoms with van der Waals surface area (Å²) in [5.41, 5.74) is 25.8. The van der Waals surface area contributed by atoms with Crippen molar-refractivity contribution in [2.75, 3.05) is 4.90 Å². The minimum atomic E-state index is -0.593. The summed E-state index contributed by atoms with van der Waals surface area (Å²) in [6, 6.07) is 114. The van der Waals surface area contributed by atoms with Crippen molar-refractivity contribution in [3.8, 4) is 67.5 Å². The van der Waals surface area contributed by atoms with Crippen LogP contribution in [0, 0.1) is 0 Å². The number of ether oxygens (including phenoxy) is 2. The molecule has 0 bridgehead atoms. The van der Waals surface area contributed by atoms with Gasteiger partial charge >= 0.3 is 0 Å². The molecule has 0 N–H and O–H groups in total. The Bertz CT molecular complexity index is 4560. The summed E-state index contributed by atoms with van der Waals surface area (Å²) in [5, 5.41) is 0. The fraction of sp³-hybridized carbons (Fsp3) is 0.0370. The monoisotopic (exact) mass is 1070 g/mol. The average molecular weight is 1070 g/mol. The van der Waals surface area contributed by atoms with Crippen LogP contribution in [0.25, 0.3) is 44.5 Å². The van der Waals surface area contributed by atoms with Crippen LogP contribution in [0.1, 0.15) is 66.8 Å².